The summed E-state index contributed by atoms with van der Waals surface area (Å²) in [5.74, 6) is 0.131. The van der Waals surface area contributed by atoms with Crippen LogP contribution in [-0.4, -0.2) is 25.0 Å². The Morgan fingerprint density at radius 3 is 2.74 bits per heavy atom. The lowest BCUT2D eigenvalue weighted by molar-refractivity contribution is 0.0955. The molecule has 0 bridgehead atoms. The second kappa shape index (κ2) is 6.12. The Morgan fingerprint density at radius 2 is 1.96 bits per heavy atom. The first-order chi connectivity index (χ1) is 11.0. The zero-order valence-corrected chi connectivity index (χ0v) is 13.1. The number of rotatable bonds is 2. The average molecular weight is 310 g/mol. The van der Waals surface area contributed by atoms with E-state index in [2.05, 4.69) is 10.6 Å². The average Bonchev–Trinajstić information content (AvgIpc) is 2.72. The van der Waals surface area contributed by atoms with Gasteiger partial charge in [0.15, 0.2) is 0 Å². The maximum Gasteiger partial charge on any atom is 0.255 e. The van der Waals surface area contributed by atoms with E-state index in [-0.39, 0.29) is 11.8 Å². The van der Waals surface area contributed by atoms with E-state index in [1.807, 2.05) is 26.0 Å². The van der Waals surface area contributed by atoms with Crippen molar-refractivity contribution >= 4 is 17.5 Å². The Labute approximate surface area is 134 Å². The molecule has 0 aromatic heterocycles. The van der Waals surface area contributed by atoms with Crippen LogP contribution in [0.15, 0.2) is 36.4 Å². The molecule has 2 aromatic rings. The van der Waals surface area contributed by atoms with Crippen molar-refractivity contribution in [2.45, 2.75) is 13.8 Å². The number of hydrogen-bond donors (Lipinski definition) is 2. The van der Waals surface area contributed by atoms with Crippen molar-refractivity contribution in [1.29, 1.82) is 0 Å². The monoisotopic (exact) mass is 310 g/mol. The van der Waals surface area contributed by atoms with Gasteiger partial charge >= 0.3 is 0 Å². The van der Waals surface area contributed by atoms with Gasteiger partial charge in [0.1, 0.15) is 12.4 Å². The van der Waals surface area contributed by atoms with Crippen molar-refractivity contribution in [2.24, 2.45) is 0 Å². The first-order valence-electron chi connectivity index (χ1n) is 7.48. The molecule has 1 aliphatic heterocycles. The number of hydrogen-bond acceptors (Lipinski definition) is 3. The molecule has 2 N–H and O–H groups in total. The predicted molar refractivity (Wildman–Crippen MR) is 88.1 cm³/mol. The fraction of sp³-hybridized carbons (Fsp3) is 0.222. The number of carbonyl (C=O) groups excluding carboxylic acids is 2. The third kappa shape index (κ3) is 3.18. The summed E-state index contributed by atoms with van der Waals surface area (Å²) < 4.78 is 5.50. The fourth-order valence-electron chi connectivity index (χ4n) is 2.42. The summed E-state index contributed by atoms with van der Waals surface area (Å²) >= 11 is 0. The molecule has 118 valence electrons. The molecule has 0 aliphatic carbocycles. The Kier molecular flexibility index (Phi) is 4.02. The summed E-state index contributed by atoms with van der Waals surface area (Å²) in [7, 11) is 0. The second-order valence-electron chi connectivity index (χ2n) is 5.57. The van der Waals surface area contributed by atoms with Crippen molar-refractivity contribution < 1.29 is 14.3 Å². The minimum atomic E-state index is -0.206. The molecule has 1 heterocycles. The minimum absolute atomic E-state index is 0.195. The summed E-state index contributed by atoms with van der Waals surface area (Å²) in [6, 6.07) is 10.6. The molecule has 2 amide bonds. The Bertz CT molecular complexity index is 784. The van der Waals surface area contributed by atoms with E-state index in [0.717, 1.165) is 11.1 Å². The van der Waals surface area contributed by atoms with Gasteiger partial charge in [0.2, 0.25) is 0 Å². The summed E-state index contributed by atoms with van der Waals surface area (Å²) in [6.07, 6.45) is 0. The summed E-state index contributed by atoms with van der Waals surface area (Å²) in [4.78, 5) is 24.3. The molecule has 0 atom stereocenters. The molecule has 0 unspecified atom stereocenters. The summed E-state index contributed by atoms with van der Waals surface area (Å²) in [5.41, 5.74) is 3.78. The number of carbonyl (C=O) groups is 2. The van der Waals surface area contributed by atoms with E-state index in [9.17, 15) is 9.59 Å². The number of fused-ring (bicyclic) bond motifs is 1. The van der Waals surface area contributed by atoms with Crippen molar-refractivity contribution in [3.05, 3.63) is 58.7 Å². The molecule has 0 fully saturated rings. The highest BCUT2D eigenvalue weighted by Gasteiger charge is 2.17. The van der Waals surface area contributed by atoms with Crippen molar-refractivity contribution in [1.82, 2.24) is 5.32 Å². The topological polar surface area (TPSA) is 67.4 Å². The van der Waals surface area contributed by atoms with E-state index in [4.69, 9.17) is 4.74 Å². The number of amides is 2. The smallest absolute Gasteiger partial charge is 0.255 e. The van der Waals surface area contributed by atoms with Crippen molar-refractivity contribution in [3.8, 4) is 5.75 Å². The van der Waals surface area contributed by atoms with Gasteiger partial charge in [-0.15, -0.1) is 0 Å². The second-order valence-corrected chi connectivity index (χ2v) is 5.57. The van der Waals surface area contributed by atoms with Gasteiger partial charge in [-0.1, -0.05) is 6.07 Å². The molecular formula is C18H18N2O3. The maximum atomic E-state index is 12.4. The standard InChI is InChI=1S/C18H18N2O3/c1-11-3-4-13(9-12(11)2)17(21)20-14-5-6-16-15(10-14)18(22)19-7-8-23-16/h3-6,9-10H,7-8H2,1-2H3,(H,19,22)(H,20,21). The Hall–Kier alpha value is -2.82. The number of benzene rings is 2. The highest BCUT2D eigenvalue weighted by atomic mass is 16.5. The van der Waals surface area contributed by atoms with E-state index in [1.165, 1.54) is 0 Å². The van der Waals surface area contributed by atoms with Gasteiger partial charge in [0, 0.05) is 11.3 Å². The van der Waals surface area contributed by atoms with Crippen LogP contribution >= 0.6 is 0 Å². The molecule has 0 saturated heterocycles. The third-order valence-corrected chi connectivity index (χ3v) is 3.90. The number of ether oxygens (including phenoxy) is 1. The molecule has 0 saturated carbocycles. The quantitative estimate of drug-likeness (QED) is 0.896. The van der Waals surface area contributed by atoms with Crippen LogP contribution in [0.4, 0.5) is 5.69 Å². The third-order valence-electron chi connectivity index (χ3n) is 3.90. The zero-order valence-electron chi connectivity index (χ0n) is 13.1. The van der Waals surface area contributed by atoms with Gasteiger partial charge in [-0.2, -0.15) is 0 Å². The first-order valence-corrected chi connectivity index (χ1v) is 7.48. The normalized spacial score (nSPS) is 13.4. The Balaban J connectivity index is 1.84. The lowest BCUT2D eigenvalue weighted by Crippen LogP contribution is -2.24. The van der Waals surface area contributed by atoms with E-state index in [0.29, 0.717) is 35.7 Å². The van der Waals surface area contributed by atoms with Crippen LogP contribution in [0, 0.1) is 13.8 Å². The van der Waals surface area contributed by atoms with Crippen molar-refractivity contribution in [3.63, 3.8) is 0 Å². The number of anilines is 1. The predicted octanol–water partition coefficient (Wildman–Crippen LogP) is 2.68. The summed E-state index contributed by atoms with van der Waals surface area (Å²) in [5, 5.41) is 5.57. The number of aryl methyl sites for hydroxylation is 2. The molecule has 0 spiro atoms. The molecule has 0 radical (unpaired) electrons. The molecule has 5 nitrogen and oxygen atoms in total. The van der Waals surface area contributed by atoms with Crippen LogP contribution in [0.3, 0.4) is 0 Å². The molecule has 2 aromatic carbocycles. The summed E-state index contributed by atoms with van der Waals surface area (Å²) in [6.45, 7) is 4.88. The molecule has 3 rings (SSSR count). The van der Waals surface area contributed by atoms with Gasteiger partial charge in [0.05, 0.1) is 12.1 Å². The highest BCUT2D eigenvalue weighted by molar-refractivity contribution is 6.05. The fourth-order valence-corrected chi connectivity index (χ4v) is 2.42. The van der Waals surface area contributed by atoms with Gasteiger partial charge in [-0.25, -0.2) is 0 Å². The molecule has 5 heteroatoms. The Morgan fingerprint density at radius 1 is 1.13 bits per heavy atom. The van der Waals surface area contributed by atoms with Crippen LogP contribution in [0.2, 0.25) is 0 Å². The van der Waals surface area contributed by atoms with Gasteiger partial charge in [-0.3, -0.25) is 9.59 Å². The molecule has 1 aliphatic rings. The largest absolute Gasteiger partial charge is 0.491 e. The number of nitrogens with one attached hydrogen (secondary N) is 2. The van der Waals surface area contributed by atoms with Crippen LogP contribution < -0.4 is 15.4 Å². The zero-order chi connectivity index (χ0) is 16.4. The van der Waals surface area contributed by atoms with Crippen LogP contribution in [0.1, 0.15) is 31.8 Å². The van der Waals surface area contributed by atoms with Crippen molar-refractivity contribution in [2.75, 3.05) is 18.5 Å². The van der Waals surface area contributed by atoms with Crippen LogP contribution in [0.5, 0.6) is 5.75 Å². The van der Waals surface area contributed by atoms with Gasteiger partial charge in [-0.05, 0) is 55.3 Å². The van der Waals surface area contributed by atoms with Crippen LogP contribution in [0.25, 0.3) is 0 Å². The molecular weight excluding hydrogens is 292 g/mol. The lowest BCUT2D eigenvalue weighted by Gasteiger charge is -2.10. The lowest BCUT2D eigenvalue weighted by atomic mass is 10.1. The minimum Gasteiger partial charge on any atom is -0.491 e. The van der Waals surface area contributed by atoms with Crippen LogP contribution in [-0.2, 0) is 0 Å². The molecule has 23 heavy (non-hydrogen) atoms. The van der Waals surface area contributed by atoms with Gasteiger partial charge < -0.3 is 15.4 Å². The van der Waals surface area contributed by atoms with E-state index >= 15 is 0 Å². The highest BCUT2D eigenvalue weighted by Crippen LogP contribution is 2.24. The van der Waals surface area contributed by atoms with E-state index in [1.54, 1.807) is 24.3 Å². The van der Waals surface area contributed by atoms with E-state index < -0.39 is 0 Å². The van der Waals surface area contributed by atoms with Gasteiger partial charge in [0.25, 0.3) is 11.8 Å². The first kappa shape index (κ1) is 15.1. The SMILES string of the molecule is Cc1ccc(C(=O)Nc2ccc3c(c2)C(=O)NCCO3)cc1C. The maximum absolute atomic E-state index is 12.4.